The number of benzene rings is 1. The second-order valence-electron chi connectivity index (χ2n) is 5.79. The fourth-order valence-electron chi connectivity index (χ4n) is 2.57. The Morgan fingerprint density at radius 2 is 1.96 bits per heavy atom. The van der Waals surface area contributed by atoms with Crippen molar-refractivity contribution in [3.8, 4) is 23.5 Å². The van der Waals surface area contributed by atoms with Gasteiger partial charge in [0.15, 0.2) is 11.5 Å². The van der Waals surface area contributed by atoms with Gasteiger partial charge in [-0.05, 0) is 29.7 Å². The molecule has 0 aliphatic heterocycles. The molecule has 0 radical (unpaired) electrons. The van der Waals surface area contributed by atoms with Gasteiger partial charge in [0, 0.05) is 18.9 Å². The van der Waals surface area contributed by atoms with Crippen molar-refractivity contribution in [2.45, 2.75) is 36.8 Å². The molecule has 8 nitrogen and oxygen atoms in total. The Hall–Kier alpha value is -2.73. The Morgan fingerprint density at radius 3 is 2.60 bits per heavy atom. The average Bonchev–Trinajstić information content (AvgIpc) is 2.53. The first-order valence-electron chi connectivity index (χ1n) is 7.39. The molecule has 0 amide bonds. The number of aliphatic hydroxyl groups is 4. The van der Waals surface area contributed by atoms with Gasteiger partial charge in [0.25, 0.3) is 0 Å². The molecular weight excluding hydrogens is 332 g/mol. The summed E-state index contributed by atoms with van der Waals surface area (Å²) in [6, 6.07) is 3.93. The summed E-state index contributed by atoms with van der Waals surface area (Å²) in [7, 11) is 0. The minimum Gasteiger partial charge on any atom is -0.504 e. The van der Waals surface area contributed by atoms with Crippen molar-refractivity contribution in [3.05, 3.63) is 29.8 Å². The molecule has 0 saturated heterocycles. The predicted octanol–water partition coefficient (Wildman–Crippen LogP) is -0.397. The van der Waals surface area contributed by atoms with Gasteiger partial charge < -0.3 is 35.4 Å². The second kappa shape index (κ2) is 7.44. The van der Waals surface area contributed by atoms with E-state index in [1.165, 1.54) is 24.3 Å². The van der Waals surface area contributed by atoms with Crippen molar-refractivity contribution in [1.29, 1.82) is 0 Å². The molecule has 134 valence electrons. The second-order valence-corrected chi connectivity index (χ2v) is 5.79. The maximum Gasteiger partial charge on any atom is 0.331 e. The molecule has 1 aromatic rings. The Balaban J connectivity index is 2.05. The Kier molecular flexibility index (Phi) is 5.54. The Morgan fingerprint density at radius 1 is 1.24 bits per heavy atom. The fourth-order valence-corrected chi connectivity index (χ4v) is 2.57. The van der Waals surface area contributed by atoms with Crippen molar-refractivity contribution in [2.24, 2.45) is 0 Å². The monoisotopic (exact) mass is 350 g/mol. The fraction of sp³-hybridized carbons (Fsp3) is 0.353. The number of aliphatic hydroxyl groups excluding tert-OH is 3. The van der Waals surface area contributed by atoms with E-state index in [2.05, 4.69) is 5.92 Å². The summed E-state index contributed by atoms with van der Waals surface area (Å²) in [5.74, 6) is 0.602. The number of carbonyl (C=O) groups is 1. The normalized spacial score (nSPS) is 29.0. The van der Waals surface area contributed by atoms with Gasteiger partial charge in [-0.2, -0.15) is 0 Å². The number of phenolic OH excluding ortho intramolecular Hbond substituents is 2. The first kappa shape index (κ1) is 18.6. The first-order chi connectivity index (χ1) is 11.7. The summed E-state index contributed by atoms with van der Waals surface area (Å²) >= 11 is 0. The van der Waals surface area contributed by atoms with Crippen LogP contribution in [0.15, 0.2) is 24.3 Å². The molecule has 4 atom stereocenters. The molecule has 1 aliphatic carbocycles. The average molecular weight is 350 g/mol. The van der Waals surface area contributed by atoms with Crippen molar-refractivity contribution in [2.75, 3.05) is 0 Å². The number of phenols is 2. The Labute approximate surface area is 143 Å². The van der Waals surface area contributed by atoms with E-state index in [1.54, 1.807) is 6.11 Å². The lowest BCUT2D eigenvalue weighted by Crippen LogP contribution is -2.53. The molecule has 0 spiro atoms. The quantitative estimate of drug-likeness (QED) is 0.187. The van der Waals surface area contributed by atoms with Crippen LogP contribution in [0.4, 0.5) is 0 Å². The third-order valence-electron chi connectivity index (χ3n) is 3.83. The molecule has 8 heteroatoms. The van der Waals surface area contributed by atoms with Crippen LogP contribution >= 0.6 is 0 Å². The number of aromatic hydroxyl groups is 2. The zero-order valence-electron chi connectivity index (χ0n) is 13.0. The molecule has 0 bridgehead atoms. The van der Waals surface area contributed by atoms with Crippen molar-refractivity contribution >= 4 is 12.0 Å². The van der Waals surface area contributed by atoms with Gasteiger partial charge in [0.05, 0.1) is 6.10 Å². The lowest BCUT2D eigenvalue weighted by atomic mass is 9.80. The molecule has 1 unspecified atom stereocenters. The highest BCUT2D eigenvalue weighted by atomic mass is 16.6. The van der Waals surface area contributed by atoms with Gasteiger partial charge in [-0.25, -0.2) is 4.79 Å². The first-order valence-corrected chi connectivity index (χ1v) is 7.39. The number of carbonyl (C=O) groups excluding carboxylic acids is 1. The van der Waals surface area contributed by atoms with E-state index < -0.39 is 29.9 Å². The van der Waals surface area contributed by atoms with Crippen LogP contribution < -0.4 is 0 Å². The van der Waals surface area contributed by atoms with E-state index in [9.17, 15) is 30.3 Å². The molecule has 0 heterocycles. The highest BCUT2D eigenvalue weighted by Gasteiger charge is 2.45. The zero-order chi connectivity index (χ0) is 18.6. The van der Waals surface area contributed by atoms with E-state index in [0.29, 0.717) is 5.56 Å². The predicted molar refractivity (Wildman–Crippen MR) is 84.6 cm³/mol. The van der Waals surface area contributed by atoms with Crippen LogP contribution in [-0.2, 0) is 9.53 Å². The summed E-state index contributed by atoms with van der Waals surface area (Å²) < 4.78 is 5.03. The number of ether oxygens (including phenoxy) is 1. The van der Waals surface area contributed by atoms with Crippen LogP contribution in [0.5, 0.6) is 11.5 Å². The van der Waals surface area contributed by atoms with E-state index in [-0.39, 0.29) is 24.3 Å². The van der Waals surface area contributed by atoms with Crippen LogP contribution in [0.1, 0.15) is 18.4 Å². The van der Waals surface area contributed by atoms with E-state index in [1.807, 2.05) is 0 Å². The molecule has 6 N–H and O–H groups in total. The molecule has 2 rings (SSSR count). The van der Waals surface area contributed by atoms with Gasteiger partial charge in [0.1, 0.15) is 23.9 Å². The molecule has 1 aromatic carbocycles. The van der Waals surface area contributed by atoms with Crippen LogP contribution in [0.25, 0.3) is 6.08 Å². The number of rotatable bonds is 3. The maximum atomic E-state index is 11.9. The number of hydrogen-bond acceptors (Lipinski definition) is 8. The van der Waals surface area contributed by atoms with Crippen molar-refractivity contribution < 1.29 is 40.2 Å². The van der Waals surface area contributed by atoms with Gasteiger partial charge in [0.2, 0.25) is 0 Å². The van der Waals surface area contributed by atoms with E-state index in [0.717, 1.165) is 6.08 Å². The number of hydrogen-bond donors (Lipinski definition) is 6. The van der Waals surface area contributed by atoms with E-state index in [4.69, 9.17) is 9.84 Å². The largest absolute Gasteiger partial charge is 0.504 e. The summed E-state index contributed by atoms with van der Waals surface area (Å²) in [5.41, 5.74) is -1.37. The minimum absolute atomic E-state index is 0.279. The standard InChI is InChI=1S/C17H18O8/c18-6-5-17(24)8-13(21)16(23)14(9-17)25-15(22)4-2-10-1-3-11(19)12(20)7-10/h1-4,7,13-14,16,18-21,23-24H,8-9H2/b4-2+/t13-,14?,16-,17+/m0/s1. The molecule has 25 heavy (non-hydrogen) atoms. The molecule has 1 saturated carbocycles. The zero-order valence-corrected chi connectivity index (χ0v) is 13.0. The topological polar surface area (TPSA) is 148 Å². The van der Waals surface area contributed by atoms with Gasteiger partial charge in [-0.1, -0.05) is 6.07 Å². The smallest absolute Gasteiger partial charge is 0.331 e. The number of esters is 1. The maximum absolute atomic E-state index is 11.9. The van der Waals surface area contributed by atoms with Crippen molar-refractivity contribution in [1.82, 2.24) is 0 Å². The molecule has 1 fully saturated rings. The highest BCUT2D eigenvalue weighted by molar-refractivity contribution is 5.87. The summed E-state index contributed by atoms with van der Waals surface area (Å²) in [6.45, 7) is 0. The summed E-state index contributed by atoms with van der Waals surface area (Å²) in [5, 5.41) is 57.0. The summed E-state index contributed by atoms with van der Waals surface area (Å²) in [6.07, 6.45) is -0.692. The van der Waals surface area contributed by atoms with Crippen LogP contribution in [0, 0.1) is 12.0 Å². The molecule has 0 aromatic heterocycles. The summed E-state index contributed by atoms with van der Waals surface area (Å²) in [4.78, 5) is 11.9. The van der Waals surface area contributed by atoms with Gasteiger partial charge >= 0.3 is 5.97 Å². The molecular formula is C17H18O8. The highest BCUT2D eigenvalue weighted by Crippen LogP contribution is 2.31. The molecule has 1 aliphatic rings. The lowest BCUT2D eigenvalue weighted by molar-refractivity contribution is -0.173. The van der Waals surface area contributed by atoms with Crippen molar-refractivity contribution in [3.63, 3.8) is 0 Å². The van der Waals surface area contributed by atoms with E-state index >= 15 is 0 Å². The lowest BCUT2D eigenvalue weighted by Gasteiger charge is -2.38. The minimum atomic E-state index is -1.79. The van der Waals surface area contributed by atoms with Crippen LogP contribution in [0.3, 0.4) is 0 Å². The van der Waals surface area contributed by atoms with Gasteiger partial charge in [-0.3, -0.25) is 0 Å². The third kappa shape index (κ3) is 4.64. The van der Waals surface area contributed by atoms with Crippen LogP contribution in [-0.4, -0.2) is 60.5 Å². The van der Waals surface area contributed by atoms with Gasteiger partial charge in [-0.15, -0.1) is 0 Å². The van der Waals surface area contributed by atoms with Crippen LogP contribution in [0.2, 0.25) is 0 Å². The SMILES string of the molecule is O=C(/C=C/c1ccc(O)c(O)c1)OC1C[C@@](O)(C#CO)C[C@H](O)[C@@H]1O. The third-order valence-corrected chi connectivity index (χ3v) is 3.83. The Bertz CT molecular complexity index is 732.